The number of Topliss-reactive ketones (excluding diaryl/α,β-unsaturated/α-hetero) is 1. The Bertz CT molecular complexity index is 405. The summed E-state index contributed by atoms with van der Waals surface area (Å²) in [6.07, 6.45) is 7.03. The van der Waals surface area contributed by atoms with Crippen molar-refractivity contribution in [3.8, 4) is 0 Å². The van der Waals surface area contributed by atoms with Crippen molar-refractivity contribution in [1.29, 1.82) is 0 Å². The van der Waals surface area contributed by atoms with Crippen molar-refractivity contribution >= 4 is 17.4 Å². The molecule has 1 aromatic carbocycles. The normalized spacial score (nSPS) is 17.1. The number of hydrogen-bond acceptors (Lipinski definition) is 1. The summed E-state index contributed by atoms with van der Waals surface area (Å²) in [5.41, 5.74) is 1.85. The van der Waals surface area contributed by atoms with E-state index in [9.17, 15) is 4.79 Å². The molecule has 92 valence electrons. The largest absolute Gasteiger partial charge is 0.294 e. The molecule has 2 heteroatoms. The molecule has 0 spiro atoms. The Morgan fingerprint density at radius 2 is 2.00 bits per heavy atom. The van der Waals surface area contributed by atoms with Crippen molar-refractivity contribution in [2.24, 2.45) is 5.92 Å². The van der Waals surface area contributed by atoms with Crippen LogP contribution in [0.2, 0.25) is 5.02 Å². The van der Waals surface area contributed by atoms with E-state index >= 15 is 0 Å². The second-order valence-corrected chi connectivity index (χ2v) is 5.53. The number of carbonyl (C=O) groups excluding carboxylic acids is 1. The average Bonchev–Trinajstić information content (AvgIpc) is 2.33. The minimum atomic E-state index is 0.261. The van der Waals surface area contributed by atoms with Gasteiger partial charge in [0.1, 0.15) is 0 Å². The first-order chi connectivity index (χ1) is 8.16. The molecule has 0 amide bonds. The van der Waals surface area contributed by atoms with Crippen molar-refractivity contribution in [1.82, 2.24) is 0 Å². The molecule has 0 bridgehead atoms. The van der Waals surface area contributed by atoms with Crippen molar-refractivity contribution in [3.05, 3.63) is 34.3 Å². The van der Waals surface area contributed by atoms with Gasteiger partial charge in [-0.2, -0.15) is 0 Å². The highest BCUT2D eigenvalue weighted by Gasteiger charge is 2.19. The van der Waals surface area contributed by atoms with Crippen LogP contribution in [0.15, 0.2) is 18.2 Å². The molecule has 0 atom stereocenters. The van der Waals surface area contributed by atoms with E-state index in [4.69, 9.17) is 11.6 Å². The smallest absolute Gasteiger partial charge is 0.163 e. The highest BCUT2D eigenvalue weighted by atomic mass is 35.5. The van der Waals surface area contributed by atoms with Crippen LogP contribution in [0.3, 0.4) is 0 Å². The molecule has 1 nitrogen and oxygen atoms in total. The third-order valence-electron chi connectivity index (χ3n) is 3.70. The predicted octanol–water partition coefficient (Wildman–Crippen LogP) is 4.80. The fourth-order valence-electron chi connectivity index (χ4n) is 2.66. The third kappa shape index (κ3) is 3.32. The van der Waals surface area contributed by atoms with E-state index in [-0.39, 0.29) is 5.78 Å². The Labute approximate surface area is 108 Å². The Hall–Kier alpha value is -0.820. The predicted molar refractivity (Wildman–Crippen MR) is 71.7 cm³/mol. The maximum Gasteiger partial charge on any atom is 0.163 e. The monoisotopic (exact) mass is 250 g/mol. The summed E-state index contributed by atoms with van der Waals surface area (Å²) < 4.78 is 0. The number of benzene rings is 1. The summed E-state index contributed by atoms with van der Waals surface area (Å²) in [6.45, 7) is 1.98. The van der Waals surface area contributed by atoms with Gasteiger partial charge in [0.15, 0.2) is 5.78 Å². The number of carbonyl (C=O) groups is 1. The molecule has 1 aliphatic rings. The maximum absolute atomic E-state index is 12.2. The Balaban J connectivity index is 2.05. The van der Waals surface area contributed by atoms with E-state index in [0.717, 1.165) is 11.1 Å². The molecule has 0 N–H and O–H groups in total. The van der Waals surface area contributed by atoms with Crippen LogP contribution in [-0.2, 0) is 0 Å². The molecular weight excluding hydrogens is 232 g/mol. The number of rotatable bonds is 3. The molecule has 0 heterocycles. The van der Waals surface area contributed by atoms with Crippen LogP contribution in [0.25, 0.3) is 0 Å². The highest BCUT2D eigenvalue weighted by Crippen LogP contribution is 2.28. The Kier molecular flexibility index (Phi) is 4.22. The van der Waals surface area contributed by atoms with E-state index in [1.54, 1.807) is 0 Å². The lowest BCUT2D eigenvalue weighted by Crippen LogP contribution is -2.13. The van der Waals surface area contributed by atoms with E-state index in [2.05, 4.69) is 0 Å². The molecule has 0 unspecified atom stereocenters. The summed E-state index contributed by atoms with van der Waals surface area (Å²) in [5.74, 6) is 0.853. The van der Waals surface area contributed by atoms with Crippen LogP contribution in [0.1, 0.15) is 54.4 Å². The van der Waals surface area contributed by atoms with E-state index in [1.807, 2.05) is 25.1 Å². The maximum atomic E-state index is 12.2. The van der Waals surface area contributed by atoms with Gasteiger partial charge in [-0.3, -0.25) is 4.79 Å². The fraction of sp³-hybridized carbons (Fsp3) is 0.533. The topological polar surface area (TPSA) is 17.1 Å². The lowest BCUT2D eigenvalue weighted by atomic mass is 9.84. The summed E-state index contributed by atoms with van der Waals surface area (Å²) in [4.78, 5) is 12.2. The molecule has 0 radical (unpaired) electrons. The van der Waals surface area contributed by atoms with Gasteiger partial charge >= 0.3 is 0 Å². The van der Waals surface area contributed by atoms with Crippen LogP contribution in [0, 0.1) is 12.8 Å². The van der Waals surface area contributed by atoms with Gasteiger partial charge in [0.2, 0.25) is 0 Å². The summed E-state index contributed by atoms with van der Waals surface area (Å²) in [5, 5.41) is 0.655. The van der Waals surface area contributed by atoms with Crippen molar-refractivity contribution in [2.45, 2.75) is 45.4 Å². The Morgan fingerprint density at radius 3 is 2.71 bits per heavy atom. The molecule has 0 aliphatic heterocycles. The molecular formula is C15H19ClO. The van der Waals surface area contributed by atoms with Gasteiger partial charge < -0.3 is 0 Å². The number of hydrogen-bond donors (Lipinski definition) is 0. The van der Waals surface area contributed by atoms with E-state index in [0.29, 0.717) is 17.4 Å². The van der Waals surface area contributed by atoms with Crippen molar-refractivity contribution < 1.29 is 4.79 Å². The van der Waals surface area contributed by atoms with E-state index < -0.39 is 0 Å². The molecule has 1 saturated carbocycles. The van der Waals surface area contributed by atoms with Gasteiger partial charge in [-0.15, -0.1) is 0 Å². The van der Waals surface area contributed by atoms with Crippen molar-refractivity contribution in [2.75, 3.05) is 0 Å². The molecule has 1 aromatic rings. The second kappa shape index (κ2) is 5.68. The summed E-state index contributed by atoms with van der Waals surface area (Å²) in [6, 6.07) is 5.58. The summed E-state index contributed by atoms with van der Waals surface area (Å²) in [7, 11) is 0. The molecule has 1 aliphatic carbocycles. The standard InChI is InChI=1S/C15H19ClO/c1-11-7-8-13(16)10-14(11)15(17)9-12-5-3-2-4-6-12/h7-8,10,12H,2-6,9H2,1H3. The van der Waals surface area contributed by atoms with Gasteiger partial charge in [-0.25, -0.2) is 0 Å². The Morgan fingerprint density at radius 1 is 1.29 bits per heavy atom. The zero-order chi connectivity index (χ0) is 12.3. The molecule has 1 fully saturated rings. The van der Waals surface area contributed by atoms with Gasteiger partial charge in [0.25, 0.3) is 0 Å². The zero-order valence-electron chi connectivity index (χ0n) is 10.3. The zero-order valence-corrected chi connectivity index (χ0v) is 11.1. The highest BCUT2D eigenvalue weighted by molar-refractivity contribution is 6.31. The van der Waals surface area contributed by atoms with Gasteiger partial charge in [0, 0.05) is 17.0 Å². The number of ketones is 1. The lowest BCUT2D eigenvalue weighted by molar-refractivity contribution is 0.0949. The van der Waals surface area contributed by atoms with Crippen LogP contribution in [0.4, 0.5) is 0 Å². The fourth-order valence-corrected chi connectivity index (χ4v) is 2.83. The van der Waals surface area contributed by atoms with Crippen molar-refractivity contribution in [3.63, 3.8) is 0 Å². The first-order valence-corrected chi connectivity index (χ1v) is 6.84. The van der Waals surface area contributed by atoms with Gasteiger partial charge in [-0.05, 0) is 30.5 Å². The summed E-state index contributed by atoms with van der Waals surface area (Å²) >= 11 is 5.95. The lowest BCUT2D eigenvalue weighted by Gasteiger charge is -2.21. The second-order valence-electron chi connectivity index (χ2n) is 5.09. The van der Waals surface area contributed by atoms with Crippen LogP contribution in [0.5, 0.6) is 0 Å². The minimum Gasteiger partial charge on any atom is -0.294 e. The molecule has 2 rings (SSSR count). The molecule has 0 saturated heterocycles. The first-order valence-electron chi connectivity index (χ1n) is 6.46. The molecule has 0 aromatic heterocycles. The SMILES string of the molecule is Cc1ccc(Cl)cc1C(=O)CC1CCCCC1. The quantitative estimate of drug-likeness (QED) is 0.704. The first kappa shape index (κ1) is 12.6. The number of aryl methyl sites for hydroxylation is 1. The van der Waals surface area contributed by atoms with Gasteiger partial charge in [-0.1, -0.05) is 49.8 Å². The number of halogens is 1. The minimum absolute atomic E-state index is 0.261. The molecule has 17 heavy (non-hydrogen) atoms. The van der Waals surface area contributed by atoms with E-state index in [1.165, 1.54) is 32.1 Å². The van der Waals surface area contributed by atoms with Crippen LogP contribution in [-0.4, -0.2) is 5.78 Å². The van der Waals surface area contributed by atoms with Gasteiger partial charge in [0.05, 0.1) is 0 Å². The third-order valence-corrected chi connectivity index (χ3v) is 3.93. The van der Waals surface area contributed by atoms with Crippen LogP contribution >= 0.6 is 11.6 Å². The average molecular weight is 251 g/mol. The van der Waals surface area contributed by atoms with Crippen LogP contribution < -0.4 is 0 Å².